The molecule has 0 atom stereocenters. The molecule has 2 aliphatic heterocycles. The summed E-state index contributed by atoms with van der Waals surface area (Å²) in [7, 11) is 0. The SMILES string of the molecule is NC(=O)CCCN1C(=O)C(=C2SC(=S)N(CCCC(N)=O)C2=O)SC1=S. The highest BCUT2D eigenvalue weighted by Gasteiger charge is 2.41. The van der Waals surface area contributed by atoms with Crippen molar-refractivity contribution in [3.8, 4) is 0 Å². The molecule has 8 nitrogen and oxygen atoms in total. The smallest absolute Gasteiger partial charge is 0.267 e. The zero-order valence-electron chi connectivity index (χ0n) is 13.6. The Labute approximate surface area is 169 Å². The number of thioether (sulfide) groups is 2. The normalized spacial score (nSPS) is 20.5. The Balaban J connectivity index is 2.09. The van der Waals surface area contributed by atoms with Crippen molar-refractivity contribution in [3.63, 3.8) is 0 Å². The number of thiocarbonyl (C=S) groups is 2. The summed E-state index contributed by atoms with van der Waals surface area (Å²) in [6.07, 6.45) is 1.08. The van der Waals surface area contributed by atoms with Gasteiger partial charge in [-0.3, -0.25) is 29.0 Å². The van der Waals surface area contributed by atoms with E-state index in [1.54, 1.807) is 0 Å². The lowest BCUT2D eigenvalue weighted by molar-refractivity contribution is -0.125. The van der Waals surface area contributed by atoms with E-state index >= 15 is 0 Å². The first kappa shape index (κ1) is 20.8. The van der Waals surface area contributed by atoms with Crippen LogP contribution in [0, 0.1) is 0 Å². The number of carbonyl (C=O) groups excluding carboxylic acids is 4. The Morgan fingerprint density at radius 2 is 1.15 bits per heavy atom. The molecule has 0 spiro atoms. The quantitative estimate of drug-likeness (QED) is 0.418. The molecule has 0 saturated carbocycles. The molecule has 0 aromatic carbocycles. The lowest BCUT2D eigenvalue weighted by atomic mass is 10.2. The lowest BCUT2D eigenvalue weighted by Crippen LogP contribution is -2.31. The number of carbonyl (C=O) groups is 4. The van der Waals surface area contributed by atoms with Gasteiger partial charge in [-0.15, -0.1) is 0 Å². The molecular weight excluding hydrogens is 416 g/mol. The van der Waals surface area contributed by atoms with Gasteiger partial charge in [0.1, 0.15) is 8.64 Å². The van der Waals surface area contributed by atoms with E-state index in [0.717, 1.165) is 23.5 Å². The molecule has 2 heterocycles. The van der Waals surface area contributed by atoms with Crippen molar-refractivity contribution in [2.24, 2.45) is 11.5 Å². The van der Waals surface area contributed by atoms with Crippen molar-refractivity contribution in [1.82, 2.24) is 9.80 Å². The monoisotopic (exact) mass is 432 g/mol. The van der Waals surface area contributed by atoms with Crippen LogP contribution in [0.15, 0.2) is 9.81 Å². The van der Waals surface area contributed by atoms with E-state index in [9.17, 15) is 19.2 Å². The summed E-state index contributed by atoms with van der Waals surface area (Å²) >= 11 is 12.5. The van der Waals surface area contributed by atoms with Gasteiger partial charge in [-0.05, 0) is 12.8 Å². The van der Waals surface area contributed by atoms with Crippen molar-refractivity contribution in [2.75, 3.05) is 13.1 Å². The predicted octanol–water partition coefficient (Wildman–Crippen LogP) is 0.450. The summed E-state index contributed by atoms with van der Waals surface area (Å²) in [6, 6.07) is 0. The van der Waals surface area contributed by atoms with Crippen LogP contribution >= 0.6 is 48.0 Å². The number of hydrogen-bond donors (Lipinski definition) is 2. The number of primary amides is 2. The fourth-order valence-corrected chi connectivity index (χ4v) is 5.05. The minimum Gasteiger partial charge on any atom is -0.370 e. The molecule has 0 unspecified atom stereocenters. The fraction of sp³-hybridized carbons (Fsp3) is 0.429. The fourth-order valence-electron chi connectivity index (χ4n) is 2.28. The van der Waals surface area contributed by atoms with E-state index < -0.39 is 11.8 Å². The molecule has 0 aromatic heterocycles. The first-order chi connectivity index (χ1) is 12.2. The van der Waals surface area contributed by atoms with Crippen molar-refractivity contribution >= 4 is 80.2 Å². The zero-order valence-corrected chi connectivity index (χ0v) is 16.8. The average molecular weight is 433 g/mol. The molecule has 140 valence electrons. The molecule has 0 aromatic rings. The van der Waals surface area contributed by atoms with Crippen molar-refractivity contribution < 1.29 is 19.2 Å². The molecule has 0 radical (unpaired) electrons. The maximum Gasteiger partial charge on any atom is 0.267 e. The van der Waals surface area contributed by atoms with E-state index in [1.807, 2.05) is 0 Å². The summed E-state index contributed by atoms with van der Waals surface area (Å²) in [4.78, 5) is 50.0. The number of hydrogen-bond acceptors (Lipinski definition) is 8. The number of amides is 4. The van der Waals surface area contributed by atoms with E-state index in [4.69, 9.17) is 35.9 Å². The van der Waals surface area contributed by atoms with Gasteiger partial charge in [0.05, 0.1) is 9.81 Å². The largest absolute Gasteiger partial charge is 0.370 e. The van der Waals surface area contributed by atoms with Crippen molar-refractivity contribution in [2.45, 2.75) is 25.7 Å². The van der Waals surface area contributed by atoms with Gasteiger partial charge >= 0.3 is 0 Å². The second kappa shape index (κ2) is 8.93. The predicted molar refractivity (Wildman–Crippen MR) is 108 cm³/mol. The summed E-state index contributed by atoms with van der Waals surface area (Å²) in [5.41, 5.74) is 10.2. The van der Waals surface area contributed by atoms with Crippen LogP contribution in [-0.2, 0) is 19.2 Å². The van der Waals surface area contributed by atoms with Crippen molar-refractivity contribution in [3.05, 3.63) is 9.81 Å². The topological polar surface area (TPSA) is 127 Å². The van der Waals surface area contributed by atoms with E-state index in [0.29, 0.717) is 21.5 Å². The van der Waals surface area contributed by atoms with Gasteiger partial charge in [0, 0.05) is 25.9 Å². The molecule has 0 aliphatic carbocycles. The van der Waals surface area contributed by atoms with E-state index in [2.05, 4.69) is 0 Å². The lowest BCUT2D eigenvalue weighted by Gasteiger charge is -2.14. The first-order valence-electron chi connectivity index (χ1n) is 7.60. The molecule has 2 aliphatic rings. The van der Waals surface area contributed by atoms with E-state index in [-0.39, 0.29) is 47.6 Å². The maximum atomic E-state index is 12.6. The molecular formula is C14H16N4O4S4. The highest BCUT2D eigenvalue weighted by atomic mass is 32.2. The summed E-state index contributed by atoms with van der Waals surface area (Å²) in [5, 5.41) is 0. The van der Waals surface area contributed by atoms with Crippen LogP contribution in [0.1, 0.15) is 25.7 Å². The Kier molecular flexibility index (Phi) is 7.15. The molecule has 4 amide bonds. The van der Waals surface area contributed by atoms with Gasteiger partial charge in [-0.25, -0.2) is 0 Å². The highest BCUT2D eigenvalue weighted by molar-refractivity contribution is 8.29. The minimum atomic E-state index is -0.452. The molecule has 2 saturated heterocycles. The van der Waals surface area contributed by atoms with E-state index in [1.165, 1.54) is 9.80 Å². The third kappa shape index (κ3) is 4.81. The van der Waals surface area contributed by atoms with Gasteiger partial charge in [0.25, 0.3) is 11.8 Å². The third-order valence-electron chi connectivity index (χ3n) is 3.51. The third-order valence-corrected chi connectivity index (χ3v) is 6.54. The van der Waals surface area contributed by atoms with Gasteiger partial charge < -0.3 is 11.5 Å². The Morgan fingerprint density at radius 3 is 1.46 bits per heavy atom. The molecule has 2 rings (SSSR count). The molecule has 26 heavy (non-hydrogen) atoms. The van der Waals surface area contributed by atoms with Crippen LogP contribution in [0.2, 0.25) is 0 Å². The highest BCUT2D eigenvalue weighted by Crippen LogP contribution is 2.42. The van der Waals surface area contributed by atoms with Crippen LogP contribution < -0.4 is 11.5 Å². The average Bonchev–Trinajstić information content (AvgIpc) is 2.98. The molecule has 4 N–H and O–H groups in total. The van der Waals surface area contributed by atoms with Gasteiger partial charge in [0.2, 0.25) is 11.8 Å². The zero-order chi connectivity index (χ0) is 19.4. The Hall–Kier alpha value is -1.50. The number of nitrogens with two attached hydrogens (primary N) is 2. The van der Waals surface area contributed by atoms with Crippen LogP contribution in [0.5, 0.6) is 0 Å². The molecule has 12 heteroatoms. The standard InChI is InChI=1S/C14H16N4O4S4/c15-7(19)3-1-5-17-11(21)9(25-13(17)23)10-12(22)18(14(24)26-10)6-2-4-8(16)20/h1-6H2,(H2,15,19)(H2,16,20). The van der Waals surface area contributed by atoms with Crippen LogP contribution in [-0.4, -0.2) is 55.2 Å². The summed E-state index contributed by atoms with van der Waals surface area (Å²) in [5.74, 6) is -1.65. The second-order valence-electron chi connectivity index (χ2n) is 5.45. The summed E-state index contributed by atoms with van der Waals surface area (Å²) in [6.45, 7) is 0.520. The number of rotatable bonds is 8. The first-order valence-corrected chi connectivity index (χ1v) is 10.1. The maximum absolute atomic E-state index is 12.6. The molecule has 2 fully saturated rings. The van der Waals surface area contributed by atoms with Gasteiger partial charge in [-0.2, -0.15) is 0 Å². The van der Waals surface area contributed by atoms with Crippen molar-refractivity contribution in [1.29, 1.82) is 0 Å². The number of nitrogens with zero attached hydrogens (tertiary/aromatic N) is 2. The van der Waals surface area contributed by atoms with Gasteiger partial charge in [0.15, 0.2) is 0 Å². The van der Waals surface area contributed by atoms with Crippen LogP contribution in [0.4, 0.5) is 0 Å². The van der Waals surface area contributed by atoms with Crippen LogP contribution in [0.3, 0.4) is 0 Å². The van der Waals surface area contributed by atoms with Crippen LogP contribution in [0.25, 0.3) is 0 Å². The Morgan fingerprint density at radius 1 is 0.808 bits per heavy atom. The second-order valence-corrected chi connectivity index (χ2v) is 8.74. The van der Waals surface area contributed by atoms with Gasteiger partial charge in [-0.1, -0.05) is 48.0 Å². The summed E-state index contributed by atoms with van der Waals surface area (Å²) < 4.78 is 0.655. The minimum absolute atomic E-state index is 0.147. The Bertz CT molecular complexity index is 676. The molecule has 0 bridgehead atoms.